The van der Waals surface area contributed by atoms with Crippen molar-refractivity contribution < 1.29 is 27.1 Å². The van der Waals surface area contributed by atoms with E-state index >= 15 is 0 Å². The number of rotatable bonds is 7. The van der Waals surface area contributed by atoms with Gasteiger partial charge in [-0.05, 0) is 31.3 Å². The molecule has 2 aromatic rings. The highest BCUT2D eigenvalue weighted by atomic mass is 35.5. The van der Waals surface area contributed by atoms with E-state index < -0.39 is 34.3 Å². The zero-order valence-electron chi connectivity index (χ0n) is 14.2. The summed E-state index contributed by atoms with van der Waals surface area (Å²) >= 11 is 5.90. The molecule has 1 amide bonds. The highest BCUT2D eigenvalue weighted by Gasteiger charge is 2.19. The second-order valence-corrected chi connectivity index (χ2v) is 7.59. The van der Waals surface area contributed by atoms with Gasteiger partial charge in [0.2, 0.25) is 10.0 Å². The molecule has 0 atom stereocenters. The standard InChI is InChI=1S/C17H16ClFN2O5S/c1-20-27(24,25)12-6-7-14(18)13(8-12)17(23)26-10-16(22)21-9-11-4-2-3-5-15(11)19/h2-8,20H,9-10H2,1H3,(H,21,22). The van der Waals surface area contributed by atoms with Crippen LogP contribution in [0.15, 0.2) is 47.4 Å². The third-order valence-electron chi connectivity index (χ3n) is 3.50. The Labute approximate surface area is 160 Å². The maximum absolute atomic E-state index is 13.5. The normalized spacial score (nSPS) is 11.1. The number of carbonyl (C=O) groups excluding carboxylic acids is 2. The number of esters is 1. The van der Waals surface area contributed by atoms with Crippen molar-refractivity contribution in [1.29, 1.82) is 0 Å². The van der Waals surface area contributed by atoms with Crippen molar-refractivity contribution in [3.05, 3.63) is 64.4 Å². The number of nitrogens with one attached hydrogen (secondary N) is 2. The second-order valence-electron chi connectivity index (χ2n) is 5.29. The highest BCUT2D eigenvalue weighted by Crippen LogP contribution is 2.21. The van der Waals surface area contributed by atoms with Crippen molar-refractivity contribution in [1.82, 2.24) is 10.0 Å². The van der Waals surface area contributed by atoms with E-state index in [0.29, 0.717) is 0 Å². The molecule has 0 aromatic heterocycles. The van der Waals surface area contributed by atoms with Crippen LogP contribution in [0.5, 0.6) is 0 Å². The first-order valence-electron chi connectivity index (χ1n) is 7.65. The smallest absolute Gasteiger partial charge is 0.340 e. The van der Waals surface area contributed by atoms with E-state index in [9.17, 15) is 22.4 Å². The Balaban J connectivity index is 1.98. The van der Waals surface area contributed by atoms with E-state index in [1.54, 1.807) is 6.07 Å². The number of benzene rings is 2. The topological polar surface area (TPSA) is 102 Å². The first kappa shape index (κ1) is 20.8. The number of halogens is 2. The van der Waals surface area contributed by atoms with E-state index in [1.165, 1.54) is 37.4 Å². The number of ether oxygens (including phenoxy) is 1. The molecule has 2 aromatic carbocycles. The molecule has 0 spiro atoms. The molecule has 0 aliphatic heterocycles. The van der Waals surface area contributed by atoms with Crippen molar-refractivity contribution in [3.63, 3.8) is 0 Å². The Bertz CT molecular complexity index is 966. The van der Waals surface area contributed by atoms with Crippen LogP contribution >= 0.6 is 11.6 Å². The summed E-state index contributed by atoms with van der Waals surface area (Å²) in [6.07, 6.45) is 0. The summed E-state index contributed by atoms with van der Waals surface area (Å²) in [5.74, 6) is -2.08. The van der Waals surface area contributed by atoms with Crippen molar-refractivity contribution in [2.75, 3.05) is 13.7 Å². The maximum atomic E-state index is 13.5. The summed E-state index contributed by atoms with van der Waals surface area (Å²) in [6, 6.07) is 9.43. The molecule has 0 aliphatic carbocycles. The first-order chi connectivity index (χ1) is 12.7. The fraction of sp³-hybridized carbons (Fsp3) is 0.176. The fourth-order valence-corrected chi connectivity index (χ4v) is 2.99. The summed E-state index contributed by atoms with van der Waals surface area (Å²) in [7, 11) is -2.55. The van der Waals surface area contributed by atoms with Crippen molar-refractivity contribution in [3.8, 4) is 0 Å². The van der Waals surface area contributed by atoms with Crippen molar-refractivity contribution in [2.24, 2.45) is 0 Å². The highest BCUT2D eigenvalue weighted by molar-refractivity contribution is 7.89. The molecule has 0 saturated carbocycles. The molecule has 2 rings (SSSR count). The molecule has 0 radical (unpaired) electrons. The number of sulfonamides is 1. The zero-order valence-corrected chi connectivity index (χ0v) is 15.7. The van der Waals surface area contributed by atoms with E-state index in [0.717, 1.165) is 6.07 Å². The van der Waals surface area contributed by atoms with E-state index in [-0.39, 0.29) is 27.6 Å². The van der Waals surface area contributed by atoms with Gasteiger partial charge in [-0.2, -0.15) is 0 Å². The van der Waals surface area contributed by atoms with Gasteiger partial charge < -0.3 is 10.1 Å². The van der Waals surface area contributed by atoms with Gasteiger partial charge >= 0.3 is 5.97 Å². The number of hydrogen-bond donors (Lipinski definition) is 2. The van der Waals surface area contributed by atoms with Crippen LogP contribution in [0.25, 0.3) is 0 Å². The molecule has 7 nitrogen and oxygen atoms in total. The van der Waals surface area contributed by atoms with Gasteiger partial charge in [0, 0.05) is 12.1 Å². The SMILES string of the molecule is CNS(=O)(=O)c1ccc(Cl)c(C(=O)OCC(=O)NCc2ccccc2F)c1. The van der Waals surface area contributed by atoms with Crippen LogP contribution in [0.4, 0.5) is 4.39 Å². The van der Waals surface area contributed by atoms with Crippen LogP contribution < -0.4 is 10.0 Å². The molecule has 0 fully saturated rings. The predicted octanol–water partition coefficient (Wildman–Crippen LogP) is 1.86. The summed E-state index contributed by atoms with van der Waals surface area (Å²) in [4.78, 5) is 23.7. The van der Waals surface area contributed by atoms with Gasteiger partial charge in [0.1, 0.15) is 5.82 Å². The molecule has 0 saturated heterocycles. The van der Waals surface area contributed by atoms with Gasteiger partial charge in [0.25, 0.3) is 5.91 Å². The Morgan fingerprint density at radius 3 is 2.56 bits per heavy atom. The minimum Gasteiger partial charge on any atom is -0.452 e. The van der Waals surface area contributed by atoms with Gasteiger partial charge in [-0.1, -0.05) is 29.8 Å². The molecule has 0 heterocycles. The third-order valence-corrected chi connectivity index (χ3v) is 5.25. The average Bonchev–Trinajstić information content (AvgIpc) is 2.65. The second kappa shape index (κ2) is 8.94. The van der Waals surface area contributed by atoms with Gasteiger partial charge in [0.05, 0.1) is 15.5 Å². The van der Waals surface area contributed by atoms with Gasteiger partial charge in [-0.25, -0.2) is 22.3 Å². The zero-order chi connectivity index (χ0) is 20.0. The Morgan fingerprint density at radius 2 is 1.89 bits per heavy atom. The number of amides is 1. The molecular formula is C17H16ClFN2O5S. The molecule has 0 bridgehead atoms. The van der Waals surface area contributed by atoms with Crippen LogP contribution in [0.2, 0.25) is 5.02 Å². The molecule has 2 N–H and O–H groups in total. The van der Waals surface area contributed by atoms with Crippen LogP contribution in [0, 0.1) is 5.82 Å². The first-order valence-corrected chi connectivity index (χ1v) is 9.51. The van der Waals surface area contributed by atoms with Crippen LogP contribution in [0.1, 0.15) is 15.9 Å². The molecule has 144 valence electrons. The predicted molar refractivity (Wildman–Crippen MR) is 96.2 cm³/mol. The van der Waals surface area contributed by atoms with Crippen molar-refractivity contribution >= 4 is 33.5 Å². The molecular weight excluding hydrogens is 399 g/mol. The Morgan fingerprint density at radius 1 is 1.19 bits per heavy atom. The summed E-state index contributed by atoms with van der Waals surface area (Å²) < 4.78 is 44.0. The largest absolute Gasteiger partial charge is 0.452 e. The summed E-state index contributed by atoms with van der Waals surface area (Å²) in [5.41, 5.74) is 0.0834. The monoisotopic (exact) mass is 414 g/mol. The number of hydrogen-bond acceptors (Lipinski definition) is 5. The minimum absolute atomic E-state index is 0.0261. The lowest BCUT2D eigenvalue weighted by Crippen LogP contribution is -2.28. The van der Waals surface area contributed by atoms with Gasteiger partial charge in [-0.3, -0.25) is 4.79 Å². The van der Waals surface area contributed by atoms with Crippen molar-refractivity contribution in [2.45, 2.75) is 11.4 Å². The maximum Gasteiger partial charge on any atom is 0.340 e. The lowest BCUT2D eigenvalue weighted by Gasteiger charge is -2.09. The molecule has 10 heteroatoms. The molecule has 27 heavy (non-hydrogen) atoms. The van der Waals surface area contributed by atoms with E-state index in [4.69, 9.17) is 16.3 Å². The third kappa shape index (κ3) is 5.49. The van der Waals surface area contributed by atoms with Gasteiger partial charge in [0.15, 0.2) is 6.61 Å². The summed E-state index contributed by atoms with van der Waals surface area (Å²) in [5, 5.41) is 2.38. The molecule has 0 aliphatic rings. The lowest BCUT2D eigenvalue weighted by atomic mass is 10.2. The van der Waals surface area contributed by atoms with E-state index in [1.807, 2.05) is 0 Å². The molecule has 0 unspecified atom stereocenters. The number of carbonyl (C=O) groups is 2. The quantitative estimate of drug-likeness (QED) is 0.673. The van der Waals surface area contributed by atoms with Crippen LogP contribution in [0.3, 0.4) is 0 Å². The van der Waals surface area contributed by atoms with Crippen LogP contribution in [-0.4, -0.2) is 33.9 Å². The van der Waals surface area contributed by atoms with Gasteiger partial charge in [-0.15, -0.1) is 0 Å². The summed E-state index contributed by atoms with van der Waals surface area (Å²) in [6.45, 7) is -0.702. The van der Waals surface area contributed by atoms with E-state index in [2.05, 4.69) is 10.0 Å². The lowest BCUT2D eigenvalue weighted by molar-refractivity contribution is -0.124. The fourth-order valence-electron chi connectivity index (χ4n) is 2.04. The Kier molecular flexibility index (Phi) is 6.89. The van der Waals surface area contributed by atoms with Crippen LogP contribution in [-0.2, 0) is 26.1 Å². The Hall–Kier alpha value is -2.49. The average molecular weight is 415 g/mol. The minimum atomic E-state index is -3.78.